The van der Waals surface area contributed by atoms with E-state index in [2.05, 4.69) is 19.9 Å². The lowest BCUT2D eigenvalue weighted by molar-refractivity contribution is -0.274. The molecule has 0 saturated heterocycles. The van der Waals surface area contributed by atoms with Crippen LogP contribution in [0.15, 0.2) is 46.0 Å². The monoisotopic (exact) mass is 571 g/mol. The summed E-state index contributed by atoms with van der Waals surface area (Å²) >= 11 is 0. The number of rotatable bonds is 12. The van der Waals surface area contributed by atoms with Crippen molar-refractivity contribution in [3.8, 4) is 17.0 Å². The van der Waals surface area contributed by atoms with Crippen LogP contribution in [0.5, 0.6) is 5.75 Å². The van der Waals surface area contributed by atoms with E-state index in [0.717, 1.165) is 32.1 Å². The first-order valence-electron chi connectivity index (χ1n) is 13.7. The summed E-state index contributed by atoms with van der Waals surface area (Å²) in [7, 11) is 1.32. The fourth-order valence-corrected chi connectivity index (χ4v) is 4.95. The highest BCUT2D eigenvalue weighted by Gasteiger charge is 2.36. The normalized spacial score (nSPS) is 16.5. The Balaban J connectivity index is 1.33. The third-order valence-corrected chi connectivity index (χ3v) is 7.51. The molecule has 11 heteroatoms. The molecule has 2 aromatic heterocycles. The summed E-state index contributed by atoms with van der Waals surface area (Å²) in [5.74, 6) is 1.07. The molecule has 0 radical (unpaired) electrons. The van der Waals surface area contributed by atoms with Crippen molar-refractivity contribution < 1.29 is 36.7 Å². The molecule has 2 aliphatic rings. The molecular weight excluding hydrogens is 539 g/mol. The van der Waals surface area contributed by atoms with Gasteiger partial charge in [-0.25, -0.2) is 14.8 Å². The Hall–Kier alpha value is -3.73. The number of aliphatic imine (C=N–C) groups is 1. The molecule has 2 fully saturated rings. The summed E-state index contributed by atoms with van der Waals surface area (Å²) in [6, 6.07) is 7.64. The molecule has 3 aromatic rings. The van der Waals surface area contributed by atoms with Gasteiger partial charge >= 0.3 is 12.3 Å². The third-order valence-electron chi connectivity index (χ3n) is 7.51. The second-order valence-corrected chi connectivity index (χ2v) is 10.6. The number of alkyl halides is 3. The Labute approximate surface area is 235 Å². The number of nitrogens with zero attached hydrogens (tertiary/aromatic N) is 3. The van der Waals surface area contributed by atoms with Gasteiger partial charge in [0, 0.05) is 35.9 Å². The lowest BCUT2D eigenvalue weighted by atomic mass is 9.81. The van der Waals surface area contributed by atoms with Crippen molar-refractivity contribution in [2.45, 2.75) is 76.9 Å². The molecule has 1 unspecified atom stereocenters. The molecule has 2 heterocycles. The maximum absolute atomic E-state index is 13.1. The fraction of sp³-hybridized carbons (Fsp3) is 0.467. The van der Waals surface area contributed by atoms with Gasteiger partial charge in [-0.05, 0) is 55.9 Å². The van der Waals surface area contributed by atoms with Gasteiger partial charge in [0.1, 0.15) is 17.2 Å². The molecule has 5 rings (SSSR count). The molecule has 0 N–H and O–H groups in total. The smallest absolute Gasteiger partial charge is 0.465 e. The molecule has 0 bridgehead atoms. The quantitative estimate of drug-likeness (QED) is 0.164. The summed E-state index contributed by atoms with van der Waals surface area (Å²) in [5.41, 5.74) is 2.25. The number of esters is 1. The minimum atomic E-state index is -4.84. The Bertz CT molecular complexity index is 1400. The van der Waals surface area contributed by atoms with Crippen molar-refractivity contribution in [2.75, 3.05) is 7.11 Å². The van der Waals surface area contributed by atoms with Gasteiger partial charge in [-0.3, -0.25) is 0 Å². The van der Waals surface area contributed by atoms with E-state index < -0.39 is 12.3 Å². The number of aromatic nitrogens is 2. The van der Waals surface area contributed by atoms with Crippen LogP contribution in [0.1, 0.15) is 78.1 Å². The van der Waals surface area contributed by atoms with Crippen LogP contribution in [0.25, 0.3) is 11.3 Å². The maximum Gasteiger partial charge on any atom is 0.573 e. The van der Waals surface area contributed by atoms with E-state index in [-0.39, 0.29) is 29.9 Å². The number of hydrogen-bond acceptors (Lipinski definition) is 8. The first kappa shape index (κ1) is 28.8. The van der Waals surface area contributed by atoms with Gasteiger partial charge in [0.15, 0.2) is 5.82 Å². The number of carbonyl (C=O) groups excluding carboxylic acids is 1. The van der Waals surface area contributed by atoms with E-state index in [1.165, 1.54) is 37.9 Å². The molecule has 0 amide bonds. The van der Waals surface area contributed by atoms with Gasteiger partial charge in [-0.1, -0.05) is 36.6 Å². The minimum Gasteiger partial charge on any atom is -0.465 e. The number of aryl methyl sites for hydroxylation is 1. The molecule has 1 aromatic carbocycles. The van der Waals surface area contributed by atoms with Crippen LogP contribution >= 0.6 is 0 Å². The van der Waals surface area contributed by atoms with Gasteiger partial charge in [0.25, 0.3) is 0 Å². The molecule has 41 heavy (non-hydrogen) atoms. The zero-order chi connectivity index (χ0) is 29.0. The summed E-state index contributed by atoms with van der Waals surface area (Å²) in [6.45, 7) is 1.93. The zero-order valence-corrected chi connectivity index (χ0v) is 22.9. The number of methoxy groups -OCH3 is 1. The van der Waals surface area contributed by atoms with E-state index in [4.69, 9.17) is 14.0 Å². The number of para-hydroxylation sites is 1. The number of halogens is 3. The van der Waals surface area contributed by atoms with E-state index in [1.807, 2.05) is 0 Å². The molecule has 218 valence electrons. The summed E-state index contributed by atoms with van der Waals surface area (Å²) < 4.78 is 60.4. The Morgan fingerprint density at radius 1 is 1.22 bits per heavy atom. The molecule has 8 nitrogen and oxygen atoms in total. The topological polar surface area (TPSA) is 96.0 Å². The number of benzene rings is 1. The van der Waals surface area contributed by atoms with E-state index in [9.17, 15) is 18.0 Å². The number of carbonyl (C=O) groups is 1. The van der Waals surface area contributed by atoms with Gasteiger partial charge < -0.3 is 18.7 Å². The first-order valence-corrected chi connectivity index (χ1v) is 13.7. The summed E-state index contributed by atoms with van der Waals surface area (Å²) in [6.07, 6.45) is 4.89. The van der Waals surface area contributed by atoms with Crippen molar-refractivity contribution in [1.29, 1.82) is 0 Å². The molecule has 1 atom stereocenters. The summed E-state index contributed by atoms with van der Waals surface area (Å²) in [4.78, 5) is 20.6. The Morgan fingerprint density at radius 2 is 2.00 bits per heavy atom. The Kier molecular flexibility index (Phi) is 8.72. The zero-order valence-electron chi connectivity index (χ0n) is 22.9. The van der Waals surface area contributed by atoms with E-state index in [0.29, 0.717) is 46.3 Å². The SMILES string of the molecule is COC(=O)c1cnc(N=CCC(CC2CCC2)OCc2c(-c3ccccc3OC(F)(F)F)noc2C2CC2)cc1C. The van der Waals surface area contributed by atoms with E-state index in [1.54, 1.807) is 25.3 Å². The van der Waals surface area contributed by atoms with Crippen LogP contribution < -0.4 is 4.74 Å². The van der Waals surface area contributed by atoms with Crippen molar-refractivity contribution in [3.05, 3.63) is 59.0 Å². The molecule has 0 aliphatic heterocycles. The second kappa shape index (κ2) is 12.4. The van der Waals surface area contributed by atoms with Crippen LogP contribution in [0.4, 0.5) is 19.0 Å². The molecule has 2 saturated carbocycles. The number of hydrogen-bond donors (Lipinski definition) is 0. The third kappa shape index (κ3) is 7.32. The predicted octanol–water partition coefficient (Wildman–Crippen LogP) is 7.48. The van der Waals surface area contributed by atoms with Crippen LogP contribution in [-0.2, 0) is 16.1 Å². The first-order chi connectivity index (χ1) is 19.7. The largest absolute Gasteiger partial charge is 0.573 e. The van der Waals surface area contributed by atoms with Gasteiger partial charge in [-0.2, -0.15) is 0 Å². The van der Waals surface area contributed by atoms with Crippen LogP contribution in [0.2, 0.25) is 0 Å². The maximum atomic E-state index is 13.1. The lowest BCUT2D eigenvalue weighted by Crippen LogP contribution is -2.22. The Morgan fingerprint density at radius 3 is 2.66 bits per heavy atom. The standard InChI is InChI=1S/C30H32F3N3O5/c1-18-14-26(35-16-23(18)29(37)38-2)34-13-12-21(15-19-6-5-7-19)39-17-24-27(36-41-28(24)20-10-11-20)22-8-3-4-9-25(22)40-30(31,32)33/h3-4,8-9,13-14,16,19-21H,5-7,10-12,15,17H2,1-2H3. The average molecular weight is 572 g/mol. The van der Waals surface area contributed by atoms with Crippen molar-refractivity contribution in [2.24, 2.45) is 10.9 Å². The van der Waals surface area contributed by atoms with Gasteiger partial charge in [0.05, 0.1) is 25.4 Å². The highest BCUT2D eigenvalue weighted by molar-refractivity contribution is 5.90. The van der Waals surface area contributed by atoms with Crippen molar-refractivity contribution >= 4 is 18.0 Å². The molecule has 0 spiro atoms. The number of ether oxygens (including phenoxy) is 3. The van der Waals surface area contributed by atoms with Gasteiger partial charge in [0.2, 0.25) is 0 Å². The van der Waals surface area contributed by atoms with Gasteiger partial charge in [-0.15, -0.1) is 13.2 Å². The molecular formula is C30H32F3N3O5. The second-order valence-electron chi connectivity index (χ2n) is 10.6. The van der Waals surface area contributed by atoms with E-state index >= 15 is 0 Å². The highest BCUT2D eigenvalue weighted by Crippen LogP contribution is 2.46. The fourth-order valence-electron chi connectivity index (χ4n) is 4.95. The summed E-state index contributed by atoms with van der Waals surface area (Å²) in [5, 5.41) is 4.17. The lowest BCUT2D eigenvalue weighted by Gasteiger charge is -2.29. The minimum absolute atomic E-state index is 0.140. The van der Waals surface area contributed by atoms with Crippen molar-refractivity contribution in [1.82, 2.24) is 10.1 Å². The highest BCUT2D eigenvalue weighted by atomic mass is 19.4. The van der Waals surface area contributed by atoms with Crippen molar-refractivity contribution in [3.63, 3.8) is 0 Å². The average Bonchev–Trinajstić information content (AvgIpc) is 3.67. The predicted molar refractivity (Wildman–Crippen MR) is 144 cm³/mol. The van der Waals surface area contributed by atoms with Crippen LogP contribution in [0, 0.1) is 12.8 Å². The van der Waals surface area contributed by atoms with Crippen LogP contribution in [0.3, 0.4) is 0 Å². The number of pyridine rings is 1. The molecule has 2 aliphatic carbocycles. The van der Waals surface area contributed by atoms with Crippen LogP contribution in [-0.4, -0.2) is 41.9 Å².